The number of nitrogens with one attached hydrogen (secondary N) is 1. The van der Waals surface area contributed by atoms with E-state index in [2.05, 4.69) is 10.3 Å². The van der Waals surface area contributed by atoms with Gasteiger partial charge >= 0.3 is 0 Å². The summed E-state index contributed by atoms with van der Waals surface area (Å²) in [7, 11) is 0. The van der Waals surface area contributed by atoms with Crippen molar-refractivity contribution in [1.82, 2.24) is 10.3 Å². The SMILES string of the molecule is Nc1cnccc1SCC(=O)NC(=O)c1ccccc1Cl. The van der Waals surface area contributed by atoms with E-state index in [0.29, 0.717) is 10.7 Å². The molecule has 0 spiro atoms. The van der Waals surface area contributed by atoms with Crippen LogP contribution in [-0.2, 0) is 4.79 Å². The Morgan fingerprint density at radius 1 is 1.29 bits per heavy atom. The lowest BCUT2D eigenvalue weighted by Gasteiger charge is -2.06. The summed E-state index contributed by atoms with van der Waals surface area (Å²) in [6.45, 7) is 0. The highest BCUT2D eigenvalue weighted by Gasteiger charge is 2.13. The minimum absolute atomic E-state index is 0.0738. The minimum atomic E-state index is -0.520. The maximum atomic E-state index is 11.9. The van der Waals surface area contributed by atoms with Crippen LogP contribution in [0.2, 0.25) is 5.02 Å². The van der Waals surface area contributed by atoms with Gasteiger partial charge in [-0.3, -0.25) is 19.9 Å². The third-order valence-electron chi connectivity index (χ3n) is 2.54. The number of carbonyl (C=O) groups is 2. The number of halogens is 1. The van der Waals surface area contributed by atoms with Crippen LogP contribution < -0.4 is 11.1 Å². The summed E-state index contributed by atoms with van der Waals surface area (Å²) in [5.74, 6) is -0.861. The summed E-state index contributed by atoms with van der Waals surface area (Å²) in [4.78, 5) is 28.3. The molecular formula is C14H12ClN3O2S. The van der Waals surface area contributed by atoms with Crippen molar-refractivity contribution >= 4 is 40.9 Å². The number of amides is 2. The summed E-state index contributed by atoms with van der Waals surface area (Å²) >= 11 is 7.13. The van der Waals surface area contributed by atoms with Gasteiger partial charge in [0.25, 0.3) is 5.91 Å². The topological polar surface area (TPSA) is 85.1 Å². The van der Waals surface area contributed by atoms with Crippen LogP contribution in [0.15, 0.2) is 47.6 Å². The van der Waals surface area contributed by atoms with Crippen LogP contribution in [0.1, 0.15) is 10.4 Å². The Balaban J connectivity index is 1.92. The van der Waals surface area contributed by atoms with Gasteiger partial charge in [0.05, 0.1) is 28.2 Å². The van der Waals surface area contributed by atoms with Gasteiger partial charge in [-0.25, -0.2) is 0 Å². The van der Waals surface area contributed by atoms with Gasteiger partial charge in [-0.15, -0.1) is 11.8 Å². The normalized spacial score (nSPS) is 10.1. The molecule has 7 heteroatoms. The second-order valence-electron chi connectivity index (χ2n) is 4.06. The van der Waals surface area contributed by atoms with E-state index in [1.54, 1.807) is 36.5 Å². The monoisotopic (exact) mass is 321 g/mol. The lowest BCUT2D eigenvalue weighted by atomic mass is 10.2. The second kappa shape index (κ2) is 7.10. The van der Waals surface area contributed by atoms with Crippen molar-refractivity contribution < 1.29 is 9.59 Å². The molecule has 0 atom stereocenters. The van der Waals surface area contributed by atoms with E-state index < -0.39 is 11.8 Å². The number of benzene rings is 1. The zero-order valence-corrected chi connectivity index (χ0v) is 12.4. The summed E-state index contributed by atoms with van der Waals surface area (Å²) in [6.07, 6.45) is 3.10. The quantitative estimate of drug-likeness (QED) is 0.844. The summed E-state index contributed by atoms with van der Waals surface area (Å²) in [5.41, 5.74) is 6.48. The molecule has 1 aromatic heterocycles. The first kappa shape index (κ1) is 15.3. The minimum Gasteiger partial charge on any atom is -0.397 e. The molecule has 0 aliphatic carbocycles. The Kier molecular flexibility index (Phi) is 5.19. The largest absolute Gasteiger partial charge is 0.397 e. The van der Waals surface area contributed by atoms with Crippen LogP contribution in [0.4, 0.5) is 5.69 Å². The number of anilines is 1. The Morgan fingerprint density at radius 3 is 2.76 bits per heavy atom. The van der Waals surface area contributed by atoms with Gasteiger partial charge < -0.3 is 5.73 Å². The highest BCUT2D eigenvalue weighted by Crippen LogP contribution is 2.23. The van der Waals surface area contributed by atoms with Crippen molar-refractivity contribution in [3.63, 3.8) is 0 Å². The lowest BCUT2D eigenvalue weighted by Crippen LogP contribution is -2.32. The Hall–Kier alpha value is -2.05. The smallest absolute Gasteiger partial charge is 0.259 e. The van der Waals surface area contributed by atoms with Crippen molar-refractivity contribution in [2.45, 2.75) is 4.90 Å². The molecule has 3 N–H and O–H groups in total. The zero-order chi connectivity index (χ0) is 15.2. The second-order valence-corrected chi connectivity index (χ2v) is 5.48. The number of nitrogen functional groups attached to an aromatic ring is 1. The molecule has 2 aromatic rings. The average Bonchev–Trinajstić information content (AvgIpc) is 2.46. The molecule has 1 heterocycles. The van der Waals surface area contributed by atoms with Crippen molar-refractivity contribution in [2.75, 3.05) is 11.5 Å². The van der Waals surface area contributed by atoms with Gasteiger partial charge in [0.15, 0.2) is 0 Å². The molecule has 2 rings (SSSR count). The zero-order valence-electron chi connectivity index (χ0n) is 10.9. The van der Waals surface area contributed by atoms with Gasteiger partial charge in [0, 0.05) is 11.1 Å². The van der Waals surface area contributed by atoms with Crippen molar-refractivity contribution in [2.24, 2.45) is 0 Å². The Labute approximate surface area is 130 Å². The number of hydrogen-bond donors (Lipinski definition) is 2. The van der Waals surface area contributed by atoms with Crippen molar-refractivity contribution in [1.29, 1.82) is 0 Å². The number of imide groups is 1. The highest BCUT2D eigenvalue weighted by molar-refractivity contribution is 8.00. The fourth-order valence-electron chi connectivity index (χ4n) is 1.54. The molecule has 0 saturated heterocycles. The summed E-state index contributed by atoms with van der Waals surface area (Å²) in [5, 5.41) is 2.59. The molecule has 0 aliphatic rings. The molecule has 0 radical (unpaired) electrons. The predicted molar refractivity (Wildman–Crippen MR) is 83.3 cm³/mol. The van der Waals surface area contributed by atoms with E-state index in [4.69, 9.17) is 17.3 Å². The van der Waals surface area contributed by atoms with E-state index in [0.717, 1.165) is 4.90 Å². The van der Waals surface area contributed by atoms with E-state index in [1.165, 1.54) is 18.0 Å². The van der Waals surface area contributed by atoms with Gasteiger partial charge in [-0.1, -0.05) is 23.7 Å². The van der Waals surface area contributed by atoms with Crippen LogP contribution in [0.25, 0.3) is 0 Å². The molecule has 108 valence electrons. The Bertz CT molecular complexity index is 679. The van der Waals surface area contributed by atoms with Gasteiger partial charge in [-0.2, -0.15) is 0 Å². The first-order valence-corrected chi connectivity index (χ1v) is 7.35. The number of carbonyl (C=O) groups excluding carboxylic acids is 2. The standard InChI is InChI=1S/C14H12ClN3O2S/c15-10-4-2-1-3-9(10)14(20)18-13(19)8-21-12-5-6-17-7-11(12)16/h1-7H,8,16H2,(H,18,19,20). The molecule has 0 unspecified atom stereocenters. The van der Waals surface area contributed by atoms with Crippen LogP contribution in [0.3, 0.4) is 0 Å². The molecule has 1 aromatic carbocycles. The molecule has 0 aliphatic heterocycles. The fourth-order valence-corrected chi connectivity index (χ4v) is 2.50. The maximum absolute atomic E-state index is 11.9. The molecule has 0 fully saturated rings. The molecule has 21 heavy (non-hydrogen) atoms. The van der Waals surface area contributed by atoms with Gasteiger partial charge in [0.2, 0.25) is 5.91 Å². The number of thioether (sulfide) groups is 1. The van der Waals surface area contributed by atoms with Crippen molar-refractivity contribution in [3.05, 3.63) is 53.3 Å². The Morgan fingerprint density at radius 2 is 2.05 bits per heavy atom. The molecule has 5 nitrogen and oxygen atoms in total. The number of aromatic nitrogens is 1. The fraction of sp³-hybridized carbons (Fsp3) is 0.0714. The number of pyridine rings is 1. The van der Waals surface area contributed by atoms with E-state index in [-0.39, 0.29) is 11.3 Å². The average molecular weight is 322 g/mol. The van der Waals surface area contributed by atoms with Crippen LogP contribution >= 0.6 is 23.4 Å². The number of rotatable bonds is 4. The maximum Gasteiger partial charge on any atom is 0.259 e. The van der Waals surface area contributed by atoms with Crippen molar-refractivity contribution in [3.8, 4) is 0 Å². The van der Waals surface area contributed by atoms with Crippen LogP contribution in [0, 0.1) is 0 Å². The lowest BCUT2D eigenvalue weighted by molar-refractivity contribution is -0.117. The van der Waals surface area contributed by atoms with E-state index in [9.17, 15) is 9.59 Å². The molecule has 2 amide bonds. The molecular weight excluding hydrogens is 310 g/mol. The summed E-state index contributed by atoms with van der Waals surface area (Å²) in [6, 6.07) is 8.25. The third-order valence-corrected chi connectivity index (χ3v) is 3.96. The third kappa shape index (κ3) is 4.21. The predicted octanol–water partition coefficient (Wildman–Crippen LogP) is 2.37. The highest BCUT2D eigenvalue weighted by atomic mass is 35.5. The van der Waals surface area contributed by atoms with Crippen LogP contribution in [-0.4, -0.2) is 22.6 Å². The van der Waals surface area contributed by atoms with Gasteiger partial charge in [0.1, 0.15) is 0 Å². The van der Waals surface area contributed by atoms with Crippen LogP contribution in [0.5, 0.6) is 0 Å². The molecule has 0 bridgehead atoms. The first-order chi connectivity index (χ1) is 10.1. The number of nitrogens with two attached hydrogens (primary N) is 1. The van der Waals surface area contributed by atoms with E-state index in [1.807, 2.05) is 0 Å². The molecule has 0 saturated carbocycles. The first-order valence-electron chi connectivity index (χ1n) is 5.99. The number of nitrogens with zero attached hydrogens (tertiary/aromatic N) is 1. The van der Waals surface area contributed by atoms with E-state index >= 15 is 0 Å². The number of hydrogen-bond acceptors (Lipinski definition) is 5. The summed E-state index contributed by atoms with van der Waals surface area (Å²) < 4.78 is 0. The van der Waals surface area contributed by atoms with Gasteiger partial charge in [-0.05, 0) is 18.2 Å².